The average Bonchev–Trinajstić information content (AvgIpc) is 3.06. The molecule has 1 aromatic carbocycles. The number of hydrogen-bond acceptors (Lipinski definition) is 6. The van der Waals surface area contributed by atoms with Gasteiger partial charge in [-0.2, -0.15) is 0 Å². The molecule has 0 spiro atoms. The van der Waals surface area contributed by atoms with Gasteiger partial charge in [0.15, 0.2) is 0 Å². The molecule has 9 heteroatoms. The summed E-state index contributed by atoms with van der Waals surface area (Å²) >= 11 is 0. The molecule has 25 heavy (non-hydrogen) atoms. The Labute approximate surface area is 145 Å². The number of amides is 1. The maximum absolute atomic E-state index is 12.0. The number of primary sulfonamides is 1. The number of carbonyl (C=O) groups is 1. The van der Waals surface area contributed by atoms with Crippen molar-refractivity contribution in [3.63, 3.8) is 0 Å². The molecule has 3 rings (SSSR count). The highest BCUT2D eigenvalue weighted by molar-refractivity contribution is 7.89. The highest BCUT2D eigenvalue weighted by Crippen LogP contribution is 2.40. The molecule has 0 atom stereocenters. The van der Waals surface area contributed by atoms with Crippen molar-refractivity contribution in [2.75, 3.05) is 5.32 Å². The van der Waals surface area contributed by atoms with E-state index < -0.39 is 15.4 Å². The quantitative estimate of drug-likeness (QED) is 0.730. The van der Waals surface area contributed by atoms with Crippen molar-refractivity contribution in [1.82, 2.24) is 9.97 Å². The molecule has 1 aliphatic rings. The Morgan fingerprint density at radius 1 is 1.12 bits per heavy atom. The molecule has 1 amide bonds. The van der Waals surface area contributed by atoms with Crippen molar-refractivity contribution in [1.29, 1.82) is 0 Å². The van der Waals surface area contributed by atoms with Crippen molar-refractivity contribution < 1.29 is 13.2 Å². The summed E-state index contributed by atoms with van der Waals surface area (Å²) in [5.74, 6) is -0.0551. The molecule has 1 heterocycles. The Kier molecular flexibility index (Phi) is 4.44. The first-order chi connectivity index (χ1) is 11.8. The van der Waals surface area contributed by atoms with Crippen molar-refractivity contribution in [3.05, 3.63) is 42.2 Å². The number of benzene rings is 1. The lowest BCUT2D eigenvalue weighted by Gasteiger charge is -2.24. The Balaban J connectivity index is 1.86. The summed E-state index contributed by atoms with van der Waals surface area (Å²) in [7, 11) is -3.74. The van der Waals surface area contributed by atoms with Gasteiger partial charge in [0.2, 0.25) is 21.9 Å². The predicted molar refractivity (Wildman–Crippen MR) is 92.5 cm³/mol. The molecule has 0 bridgehead atoms. The molecule has 0 unspecified atom stereocenters. The van der Waals surface area contributed by atoms with Crippen molar-refractivity contribution in [3.8, 4) is 0 Å². The molecule has 1 saturated carbocycles. The maximum Gasteiger partial charge on any atom is 0.238 e. The van der Waals surface area contributed by atoms with Gasteiger partial charge in [0.1, 0.15) is 0 Å². The van der Waals surface area contributed by atoms with Crippen LogP contribution in [0.4, 0.5) is 11.6 Å². The van der Waals surface area contributed by atoms with Gasteiger partial charge >= 0.3 is 0 Å². The zero-order valence-electron chi connectivity index (χ0n) is 13.5. The molecule has 132 valence electrons. The van der Waals surface area contributed by atoms with E-state index in [2.05, 4.69) is 15.3 Å². The summed E-state index contributed by atoms with van der Waals surface area (Å²) in [6.45, 7) is 0. The lowest BCUT2D eigenvalue weighted by atomic mass is 9.82. The van der Waals surface area contributed by atoms with Gasteiger partial charge in [0.25, 0.3) is 0 Å². The van der Waals surface area contributed by atoms with E-state index in [0.29, 0.717) is 30.2 Å². The lowest BCUT2D eigenvalue weighted by Crippen LogP contribution is -2.39. The number of nitrogens with two attached hydrogens (primary N) is 2. The second-order valence-electron chi connectivity index (χ2n) is 6.11. The van der Waals surface area contributed by atoms with Crippen LogP contribution in [0.2, 0.25) is 0 Å². The number of nitrogens with zero attached hydrogens (tertiary/aromatic N) is 2. The number of anilines is 2. The molecule has 8 nitrogen and oxygen atoms in total. The van der Waals surface area contributed by atoms with E-state index in [4.69, 9.17) is 10.9 Å². The Hall–Kier alpha value is -2.52. The average molecular weight is 361 g/mol. The van der Waals surface area contributed by atoms with Gasteiger partial charge in [-0.25, -0.2) is 23.5 Å². The highest BCUT2D eigenvalue weighted by Gasteiger charge is 2.42. The first-order valence-corrected chi connectivity index (χ1v) is 9.39. The second-order valence-corrected chi connectivity index (χ2v) is 7.67. The van der Waals surface area contributed by atoms with E-state index in [1.165, 1.54) is 12.1 Å². The summed E-state index contributed by atoms with van der Waals surface area (Å²) in [5.41, 5.74) is 6.11. The van der Waals surface area contributed by atoms with E-state index in [1.807, 2.05) is 0 Å². The van der Waals surface area contributed by atoms with Crippen molar-refractivity contribution in [2.45, 2.75) is 36.0 Å². The number of nitrogens with one attached hydrogen (secondary N) is 1. The van der Waals surface area contributed by atoms with Gasteiger partial charge in [-0.1, -0.05) is 12.8 Å². The number of rotatable bonds is 5. The molecular formula is C16H19N5O3S. The SMILES string of the molecule is NC(=O)C1(c2ccnc(Nc3ccc(S(N)(=O)=O)cc3)n2)CCCC1. The van der Waals surface area contributed by atoms with Crippen molar-refractivity contribution in [2.24, 2.45) is 10.9 Å². The second kappa shape index (κ2) is 6.41. The van der Waals surface area contributed by atoms with E-state index >= 15 is 0 Å². The largest absolute Gasteiger partial charge is 0.369 e. The van der Waals surface area contributed by atoms with E-state index in [0.717, 1.165) is 12.8 Å². The van der Waals surface area contributed by atoms with Crippen LogP contribution < -0.4 is 16.2 Å². The molecule has 0 saturated heterocycles. The maximum atomic E-state index is 12.0. The number of hydrogen-bond donors (Lipinski definition) is 3. The van der Waals surface area contributed by atoms with Gasteiger partial charge in [-0.05, 0) is 43.2 Å². The topological polar surface area (TPSA) is 141 Å². The van der Waals surface area contributed by atoms with E-state index in [1.54, 1.807) is 24.4 Å². The monoisotopic (exact) mass is 361 g/mol. The minimum absolute atomic E-state index is 0.0198. The fourth-order valence-electron chi connectivity index (χ4n) is 3.15. The summed E-state index contributed by atoms with van der Waals surface area (Å²) in [4.78, 5) is 20.6. The lowest BCUT2D eigenvalue weighted by molar-refractivity contribution is -0.123. The van der Waals surface area contributed by atoms with Crippen molar-refractivity contribution >= 4 is 27.6 Å². The molecule has 2 aromatic rings. The normalized spacial score (nSPS) is 16.5. The smallest absolute Gasteiger partial charge is 0.238 e. The fourth-order valence-corrected chi connectivity index (χ4v) is 3.67. The summed E-state index contributed by atoms with van der Waals surface area (Å²) in [6, 6.07) is 7.63. The van der Waals surface area contributed by atoms with Gasteiger partial charge in [0, 0.05) is 11.9 Å². The van der Waals surface area contributed by atoms with Crippen LogP contribution in [0.5, 0.6) is 0 Å². The van der Waals surface area contributed by atoms with Crippen LogP contribution in [0.3, 0.4) is 0 Å². The third-order valence-corrected chi connectivity index (χ3v) is 5.44. The van der Waals surface area contributed by atoms with Gasteiger partial charge in [0.05, 0.1) is 16.0 Å². The minimum atomic E-state index is -3.74. The number of carbonyl (C=O) groups excluding carboxylic acids is 1. The van der Waals surface area contributed by atoms with Crippen LogP contribution in [0.25, 0.3) is 0 Å². The first-order valence-electron chi connectivity index (χ1n) is 7.85. The Morgan fingerprint density at radius 3 is 2.32 bits per heavy atom. The summed E-state index contributed by atoms with van der Waals surface area (Å²) < 4.78 is 22.6. The van der Waals surface area contributed by atoms with Crippen LogP contribution in [-0.2, 0) is 20.2 Å². The van der Waals surface area contributed by atoms with Gasteiger partial charge in [-0.3, -0.25) is 4.79 Å². The zero-order valence-corrected chi connectivity index (χ0v) is 14.3. The van der Waals surface area contributed by atoms with Gasteiger partial charge in [-0.15, -0.1) is 0 Å². The molecule has 1 aromatic heterocycles. The minimum Gasteiger partial charge on any atom is -0.369 e. The third kappa shape index (κ3) is 3.47. The van der Waals surface area contributed by atoms with Gasteiger partial charge < -0.3 is 11.1 Å². The summed E-state index contributed by atoms with van der Waals surface area (Å²) in [6.07, 6.45) is 4.81. The molecule has 1 aliphatic carbocycles. The number of aromatic nitrogens is 2. The van der Waals surface area contributed by atoms with Crippen LogP contribution >= 0.6 is 0 Å². The fraction of sp³-hybridized carbons (Fsp3) is 0.312. The molecule has 1 fully saturated rings. The van der Waals surface area contributed by atoms with E-state index in [9.17, 15) is 13.2 Å². The summed E-state index contributed by atoms with van der Waals surface area (Å²) in [5, 5.41) is 8.07. The van der Waals surface area contributed by atoms with Crippen LogP contribution in [0, 0.1) is 0 Å². The number of sulfonamides is 1. The third-order valence-electron chi connectivity index (χ3n) is 4.51. The van der Waals surface area contributed by atoms with E-state index in [-0.39, 0.29) is 10.8 Å². The molecular weight excluding hydrogens is 342 g/mol. The zero-order chi connectivity index (χ0) is 18.1. The van der Waals surface area contributed by atoms with Crippen LogP contribution in [0.15, 0.2) is 41.4 Å². The Morgan fingerprint density at radius 2 is 1.76 bits per heavy atom. The molecule has 0 radical (unpaired) electrons. The van der Waals surface area contributed by atoms with Crippen LogP contribution in [0.1, 0.15) is 31.4 Å². The number of primary amides is 1. The first kappa shape index (κ1) is 17.3. The Bertz CT molecular complexity index is 890. The van der Waals surface area contributed by atoms with Crippen LogP contribution in [-0.4, -0.2) is 24.3 Å². The standard InChI is InChI=1S/C16H19N5O3S/c17-14(22)16(8-1-2-9-16)13-7-10-19-15(21-13)20-11-3-5-12(6-4-11)25(18,23)24/h3-7,10H,1-2,8-9H2,(H2,17,22)(H2,18,23,24)(H,19,20,21). The molecule has 5 N–H and O–H groups in total. The predicted octanol–water partition coefficient (Wildman–Crippen LogP) is 1.16. The molecule has 0 aliphatic heterocycles. The highest BCUT2D eigenvalue weighted by atomic mass is 32.2.